The van der Waals surface area contributed by atoms with E-state index >= 15 is 0 Å². The van der Waals surface area contributed by atoms with Crippen LogP contribution < -0.4 is 0 Å². The van der Waals surface area contributed by atoms with Crippen LogP contribution in [0.4, 0.5) is 0 Å². The minimum absolute atomic E-state index is 0.364. The summed E-state index contributed by atoms with van der Waals surface area (Å²) in [7, 11) is 0. The topological polar surface area (TPSA) is 118 Å². The lowest BCUT2D eigenvalue weighted by molar-refractivity contribution is 0.436. The van der Waals surface area contributed by atoms with Gasteiger partial charge in [-0.15, -0.1) is 0 Å². The number of rotatable bonds is 8. The summed E-state index contributed by atoms with van der Waals surface area (Å²) in [6, 6.07) is 0. The van der Waals surface area contributed by atoms with Crippen molar-refractivity contribution < 1.29 is 19.2 Å². The molecule has 140 valence electrons. The maximum atomic E-state index is 9.90. The summed E-state index contributed by atoms with van der Waals surface area (Å²) in [5.41, 5.74) is 0. The average Bonchev–Trinajstić information content (AvgIpc) is 3.30. The lowest BCUT2D eigenvalue weighted by atomic mass is 9.96. The molecule has 0 aromatic carbocycles. The van der Waals surface area contributed by atoms with Crippen LogP contribution in [-0.4, -0.2) is 72.5 Å². The Hall–Kier alpha value is -1.78. The van der Waals surface area contributed by atoms with E-state index in [1.165, 1.54) is 24.3 Å². The smallest absolute Gasteiger partial charge is 0.211 e. The molecule has 2 fully saturated rings. The van der Waals surface area contributed by atoms with Gasteiger partial charge >= 0.3 is 0 Å². The second kappa shape index (κ2) is 14.4. The Morgan fingerprint density at radius 2 is 1.04 bits per heavy atom. The highest BCUT2D eigenvalue weighted by molar-refractivity contribution is 8.00. The van der Waals surface area contributed by atoms with Crippen molar-refractivity contribution in [1.82, 2.24) is 0 Å². The molecular formula is C16H20N4O4S2. The normalized spacial score (nSPS) is 26.2. The third-order valence-electron chi connectivity index (χ3n) is 4.03. The van der Waals surface area contributed by atoms with Gasteiger partial charge in [-0.3, -0.25) is 0 Å². The zero-order chi connectivity index (χ0) is 19.0. The molecule has 0 spiro atoms. The highest BCUT2D eigenvalue weighted by Crippen LogP contribution is 2.33. The fraction of sp³-hybridized carbons (Fsp3) is 0.750. The van der Waals surface area contributed by atoms with Crippen LogP contribution >= 0.6 is 23.5 Å². The fourth-order valence-corrected chi connectivity index (χ4v) is 5.59. The molecule has 0 amide bonds. The zero-order valence-electron chi connectivity index (χ0n) is 14.2. The lowest BCUT2D eigenvalue weighted by Crippen LogP contribution is -2.18. The van der Waals surface area contributed by atoms with Gasteiger partial charge in [-0.1, -0.05) is 0 Å². The second-order valence-corrected chi connectivity index (χ2v) is 8.42. The number of hydrogen-bond donors (Lipinski definition) is 0. The molecule has 2 aliphatic heterocycles. The Kier molecular flexibility index (Phi) is 12.3. The summed E-state index contributed by atoms with van der Waals surface area (Å²) >= 11 is 3.56. The van der Waals surface area contributed by atoms with Crippen LogP contribution in [0.25, 0.3) is 0 Å². The van der Waals surface area contributed by atoms with Crippen molar-refractivity contribution in [2.75, 3.05) is 37.7 Å². The number of carbonyl (C=O) groups excluding carboxylic acids is 4. The number of isocyanates is 4. The Morgan fingerprint density at radius 3 is 1.42 bits per heavy atom. The second-order valence-electron chi connectivity index (χ2n) is 5.74. The molecule has 8 nitrogen and oxygen atoms in total. The summed E-state index contributed by atoms with van der Waals surface area (Å²) in [4.78, 5) is 53.7. The van der Waals surface area contributed by atoms with Crippen LogP contribution in [0.2, 0.25) is 0 Å². The van der Waals surface area contributed by atoms with Crippen molar-refractivity contribution in [3.8, 4) is 0 Å². The van der Waals surface area contributed by atoms with E-state index in [2.05, 4.69) is 20.0 Å². The molecule has 10 heteroatoms. The van der Waals surface area contributed by atoms with E-state index in [4.69, 9.17) is 0 Å². The van der Waals surface area contributed by atoms with Gasteiger partial charge in [0.15, 0.2) is 0 Å². The summed E-state index contributed by atoms with van der Waals surface area (Å²) in [6.45, 7) is 2.09. The summed E-state index contributed by atoms with van der Waals surface area (Å²) in [5, 5.41) is 0.793. The van der Waals surface area contributed by atoms with E-state index in [0.29, 0.717) is 48.5 Å². The number of nitrogens with zero attached hydrogens (tertiary/aromatic N) is 4. The average molecular weight is 396 g/mol. The molecule has 0 aromatic rings. The number of hydrogen-bond acceptors (Lipinski definition) is 10. The van der Waals surface area contributed by atoms with E-state index in [0.717, 1.165) is 24.3 Å². The summed E-state index contributed by atoms with van der Waals surface area (Å²) in [6.07, 6.45) is 8.19. The van der Waals surface area contributed by atoms with E-state index < -0.39 is 0 Å². The molecule has 0 radical (unpaired) electrons. The standard InChI is InChI=1S/2C8H10N2O2S/c11-5-9-1-7-3-13-4-8(7)2-10-6-12;11-5-9-3-7-1-2-8(13-7)4-10-6-12/h2*7-8H,1-4H2. The molecule has 0 aromatic heterocycles. The van der Waals surface area contributed by atoms with E-state index in [9.17, 15) is 19.2 Å². The zero-order valence-corrected chi connectivity index (χ0v) is 15.8. The largest absolute Gasteiger partial charge is 0.234 e. The van der Waals surface area contributed by atoms with E-state index in [-0.39, 0.29) is 0 Å². The van der Waals surface area contributed by atoms with Crippen LogP contribution in [0, 0.1) is 11.8 Å². The molecule has 0 N–H and O–H groups in total. The SMILES string of the molecule is O=C=NCC1CCC(CN=C=O)S1.O=C=NCC1CSCC1CN=C=O. The van der Waals surface area contributed by atoms with Gasteiger partial charge in [0.2, 0.25) is 24.3 Å². The van der Waals surface area contributed by atoms with Crippen LogP contribution in [0.3, 0.4) is 0 Å². The van der Waals surface area contributed by atoms with Crippen LogP contribution in [-0.2, 0) is 19.2 Å². The molecule has 2 heterocycles. The molecule has 26 heavy (non-hydrogen) atoms. The van der Waals surface area contributed by atoms with Gasteiger partial charge in [0.25, 0.3) is 0 Å². The maximum absolute atomic E-state index is 9.90. The first-order chi connectivity index (χ1) is 12.7. The lowest BCUT2D eigenvalue weighted by Gasteiger charge is -2.11. The molecule has 2 rings (SSSR count). The monoisotopic (exact) mass is 396 g/mol. The van der Waals surface area contributed by atoms with Gasteiger partial charge in [-0.25, -0.2) is 39.1 Å². The van der Waals surface area contributed by atoms with Crippen molar-refractivity contribution in [1.29, 1.82) is 0 Å². The van der Waals surface area contributed by atoms with Gasteiger partial charge < -0.3 is 0 Å². The Balaban J connectivity index is 0.000000260. The quantitative estimate of drug-likeness (QED) is 0.454. The number of aliphatic imine (C=N–C) groups is 4. The molecule has 0 bridgehead atoms. The van der Waals surface area contributed by atoms with Crippen molar-refractivity contribution in [3.63, 3.8) is 0 Å². The van der Waals surface area contributed by atoms with Gasteiger partial charge in [0.1, 0.15) is 0 Å². The highest BCUT2D eigenvalue weighted by atomic mass is 32.2. The molecule has 4 atom stereocenters. The Labute approximate surface area is 160 Å². The van der Waals surface area contributed by atoms with Crippen LogP contribution in [0.5, 0.6) is 0 Å². The van der Waals surface area contributed by atoms with E-state index in [1.54, 1.807) is 11.8 Å². The van der Waals surface area contributed by atoms with E-state index in [1.807, 2.05) is 11.8 Å². The van der Waals surface area contributed by atoms with Crippen molar-refractivity contribution >= 4 is 47.8 Å². The third kappa shape index (κ3) is 9.07. The molecule has 2 saturated heterocycles. The summed E-state index contributed by atoms with van der Waals surface area (Å²) in [5.74, 6) is 2.71. The Bertz CT molecular complexity index is 570. The first kappa shape index (κ1) is 22.3. The molecule has 0 aliphatic carbocycles. The first-order valence-electron chi connectivity index (χ1n) is 8.12. The van der Waals surface area contributed by atoms with Crippen molar-refractivity contribution in [2.24, 2.45) is 31.8 Å². The third-order valence-corrected chi connectivity index (χ3v) is 6.89. The maximum Gasteiger partial charge on any atom is 0.234 e. The highest BCUT2D eigenvalue weighted by Gasteiger charge is 2.27. The molecule has 4 unspecified atom stereocenters. The van der Waals surface area contributed by atoms with Crippen LogP contribution in [0.1, 0.15) is 12.8 Å². The predicted molar refractivity (Wildman–Crippen MR) is 101 cm³/mol. The van der Waals surface area contributed by atoms with Crippen molar-refractivity contribution in [3.05, 3.63) is 0 Å². The summed E-state index contributed by atoms with van der Waals surface area (Å²) < 4.78 is 0. The molecule has 0 saturated carbocycles. The number of thioether (sulfide) groups is 2. The minimum Gasteiger partial charge on any atom is -0.211 e. The molecule has 2 aliphatic rings. The van der Waals surface area contributed by atoms with Gasteiger partial charge in [-0.05, 0) is 36.2 Å². The minimum atomic E-state index is 0.364. The first-order valence-corrected chi connectivity index (χ1v) is 10.2. The molecular weight excluding hydrogens is 376 g/mol. The predicted octanol–water partition coefficient (Wildman–Crippen LogP) is 1.56. The van der Waals surface area contributed by atoms with Gasteiger partial charge in [-0.2, -0.15) is 23.5 Å². The Morgan fingerprint density at radius 1 is 0.654 bits per heavy atom. The van der Waals surface area contributed by atoms with Crippen molar-refractivity contribution in [2.45, 2.75) is 23.3 Å². The van der Waals surface area contributed by atoms with Gasteiger partial charge in [0.05, 0.1) is 26.2 Å². The fourth-order valence-electron chi connectivity index (χ4n) is 2.68. The van der Waals surface area contributed by atoms with Gasteiger partial charge in [0, 0.05) is 10.5 Å². The van der Waals surface area contributed by atoms with Crippen LogP contribution in [0.15, 0.2) is 20.0 Å².